The lowest BCUT2D eigenvalue weighted by Crippen LogP contribution is -2.37. The zero-order valence-corrected chi connectivity index (χ0v) is 14.2. The molecule has 114 valence electrons. The Labute approximate surface area is 133 Å². The fourth-order valence-electron chi connectivity index (χ4n) is 1.73. The van der Waals surface area contributed by atoms with Gasteiger partial charge in [0.1, 0.15) is 11.5 Å². The fraction of sp³-hybridized carbons (Fsp3) is 0.462. The number of aromatic hydroxyl groups is 1. The standard InChI is InChI=1S/C13H18BrNO4.ClH/c1-13(2,12(17)19-4)11(15)8-5-7(18-3)6-9(14)10(8)16;/h5-6,11,16H,15H2,1-4H3;1H/t11-;/m0./s1. The molecule has 0 spiro atoms. The van der Waals surface area contributed by atoms with Crippen LogP contribution in [-0.4, -0.2) is 25.3 Å². The van der Waals surface area contributed by atoms with Gasteiger partial charge in [-0.2, -0.15) is 0 Å². The number of hydrogen-bond donors (Lipinski definition) is 2. The van der Waals surface area contributed by atoms with Crippen LogP contribution in [0.25, 0.3) is 0 Å². The van der Waals surface area contributed by atoms with Gasteiger partial charge in [-0.1, -0.05) is 0 Å². The SMILES string of the molecule is COC(=O)C(C)(C)[C@@H](N)c1cc(OC)cc(Br)c1O.Cl. The zero-order valence-electron chi connectivity index (χ0n) is 11.8. The third-order valence-electron chi connectivity index (χ3n) is 3.13. The zero-order chi connectivity index (χ0) is 14.8. The van der Waals surface area contributed by atoms with E-state index in [9.17, 15) is 9.90 Å². The van der Waals surface area contributed by atoms with Gasteiger partial charge in [0.05, 0.1) is 24.1 Å². The average Bonchev–Trinajstić information content (AvgIpc) is 2.39. The van der Waals surface area contributed by atoms with E-state index in [1.54, 1.807) is 26.0 Å². The van der Waals surface area contributed by atoms with Crippen LogP contribution in [-0.2, 0) is 9.53 Å². The van der Waals surface area contributed by atoms with Gasteiger partial charge in [-0.25, -0.2) is 0 Å². The van der Waals surface area contributed by atoms with E-state index in [4.69, 9.17) is 15.2 Å². The van der Waals surface area contributed by atoms with Crippen molar-refractivity contribution in [1.82, 2.24) is 0 Å². The van der Waals surface area contributed by atoms with Crippen LogP contribution >= 0.6 is 28.3 Å². The second-order valence-electron chi connectivity index (χ2n) is 4.74. The number of phenolic OH excluding ortho intramolecular Hbond substituents is 1. The van der Waals surface area contributed by atoms with Crippen molar-refractivity contribution in [2.45, 2.75) is 19.9 Å². The van der Waals surface area contributed by atoms with Crippen molar-refractivity contribution in [2.24, 2.45) is 11.1 Å². The van der Waals surface area contributed by atoms with Gasteiger partial charge in [0, 0.05) is 11.6 Å². The maximum atomic E-state index is 11.8. The van der Waals surface area contributed by atoms with Gasteiger partial charge in [-0.15, -0.1) is 12.4 Å². The van der Waals surface area contributed by atoms with Crippen molar-refractivity contribution < 1.29 is 19.4 Å². The molecule has 0 amide bonds. The van der Waals surface area contributed by atoms with Crippen LogP contribution in [0.1, 0.15) is 25.5 Å². The number of esters is 1. The van der Waals surface area contributed by atoms with Crippen LogP contribution in [0.3, 0.4) is 0 Å². The number of hydrogen-bond acceptors (Lipinski definition) is 5. The van der Waals surface area contributed by atoms with E-state index >= 15 is 0 Å². The third kappa shape index (κ3) is 3.56. The summed E-state index contributed by atoms with van der Waals surface area (Å²) in [6.07, 6.45) is 0. The molecule has 0 aromatic heterocycles. The second kappa shape index (κ2) is 7.15. The smallest absolute Gasteiger partial charge is 0.313 e. The summed E-state index contributed by atoms with van der Waals surface area (Å²) in [5.41, 5.74) is 5.55. The topological polar surface area (TPSA) is 81.8 Å². The van der Waals surface area contributed by atoms with Gasteiger partial charge in [0.15, 0.2) is 0 Å². The fourth-order valence-corrected chi connectivity index (χ4v) is 2.18. The summed E-state index contributed by atoms with van der Waals surface area (Å²) in [5.74, 6) is 0.0828. The number of phenols is 1. The highest BCUT2D eigenvalue weighted by molar-refractivity contribution is 9.10. The molecule has 0 aliphatic rings. The molecule has 0 heterocycles. The van der Waals surface area contributed by atoms with Crippen molar-refractivity contribution in [3.63, 3.8) is 0 Å². The maximum Gasteiger partial charge on any atom is 0.313 e. The van der Waals surface area contributed by atoms with Gasteiger partial charge < -0.3 is 20.3 Å². The van der Waals surface area contributed by atoms with Gasteiger partial charge in [0.2, 0.25) is 0 Å². The normalized spacial score (nSPS) is 12.3. The lowest BCUT2D eigenvalue weighted by atomic mass is 9.80. The quantitative estimate of drug-likeness (QED) is 0.799. The largest absolute Gasteiger partial charge is 0.506 e. The van der Waals surface area contributed by atoms with Crippen LogP contribution in [0.4, 0.5) is 0 Å². The molecule has 0 bridgehead atoms. The van der Waals surface area contributed by atoms with Gasteiger partial charge in [-0.05, 0) is 41.9 Å². The van der Waals surface area contributed by atoms with Crippen LogP contribution in [0.2, 0.25) is 0 Å². The van der Waals surface area contributed by atoms with Crippen molar-refractivity contribution in [2.75, 3.05) is 14.2 Å². The van der Waals surface area contributed by atoms with E-state index in [0.717, 1.165) is 0 Å². The van der Waals surface area contributed by atoms with E-state index in [1.807, 2.05) is 0 Å². The summed E-state index contributed by atoms with van der Waals surface area (Å²) in [7, 11) is 2.82. The van der Waals surface area contributed by atoms with E-state index in [0.29, 0.717) is 15.8 Å². The second-order valence-corrected chi connectivity index (χ2v) is 5.59. The van der Waals surface area contributed by atoms with Crippen LogP contribution in [0, 0.1) is 5.41 Å². The molecule has 0 aliphatic heterocycles. The predicted molar refractivity (Wildman–Crippen MR) is 82.3 cm³/mol. The first-order valence-electron chi connectivity index (χ1n) is 5.66. The summed E-state index contributed by atoms with van der Waals surface area (Å²) in [6.45, 7) is 3.33. The molecule has 0 saturated heterocycles. The molecule has 3 N–H and O–H groups in total. The van der Waals surface area contributed by atoms with E-state index in [1.165, 1.54) is 14.2 Å². The molecule has 1 aromatic carbocycles. The van der Waals surface area contributed by atoms with Gasteiger partial charge >= 0.3 is 5.97 Å². The highest BCUT2D eigenvalue weighted by atomic mass is 79.9. The lowest BCUT2D eigenvalue weighted by molar-refractivity contribution is -0.152. The predicted octanol–water partition coefficient (Wildman–Crippen LogP) is 2.78. The summed E-state index contributed by atoms with van der Waals surface area (Å²) < 4.78 is 10.3. The Morgan fingerprint density at radius 1 is 1.40 bits per heavy atom. The van der Waals surface area contributed by atoms with Crippen molar-refractivity contribution in [3.8, 4) is 11.5 Å². The number of carbonyl (C=O) groups is 1. The van der Waals surface area contributed by atoms with Crippen LogP contribution < -0.4 is 10.5 Å². The molecule has 0 fully saturated rings. The molecule has 0 radical (unpaired) electrons. The summed E-state index contributed by atoms with van der Waals surface area (Å²) in [6, 6.07) is 2.50. The molecule has 7 heteroatoms. The monoisotopic (exact) mass is 367 g/mol. The molecule has 1 rings (SSSR count). The Hall–Kier alpha value is -0.980. The number of carbonyl (C=O) groups excluding carboxylic acids is 1. The summed E-state index contributed by atoms with van der Waals surface area (Å²) in [5, 5.41) is 10.1. The average molecular weight is 369 g/mol. The van der Waals surface area contributed by atoms with E-state index < -0.39 is 17.4 Å². The van der Waals surface area contributed by atoms with Crippen molar-refractivity contribution in [1.29, 1.82) is 0 Å². The van der Waals surface area contributed by atoms with Crippen LogP contribution in [0.5, 0.6) is 11.5 Å². The molecule has 1 aromatic rings. The minimum Gasteiger partial charge on any atom is -0.506 e. The minimum atomic E-state index is -0.974. The Kier molecular flexibility index (Phi) is 6.80. The Bertz CT molecular complexity index is 494. The molecular formula is C13H19BrClNO4. The summed E-state index contributed by atoms with van der Waals surface area (Å²) >= 11 is 3.23. The maximum absolute atomic E-state index is 11.8. The lowest BCUT2D eigenvalue weighted by Gasteiger charge is -2.29. The minimum absolute atomic E-state index is 0. The highest BCUT2D eigenvalue weighted by Crippen LogP contribution is 2.41. The number of halogens is 2. The van der Waals surface area contributed by atoms with Crippen molar-refractivity contribution >= 4 is 34.3 Å². The number of nitrogens with two attached hydrogens (primary N) is 1. The molecular weight excluding hydrogens is 350 g/mol. The molecule has 0 unspecified atom stereocenters. The summed E-state index contributed by atoms with van der Waals surface area (Å²) in [4.78, 5) is 11.8. The van der Waals surface area contributed by atoms with Crippen LogP contribution in [0.15, 0.2) is 16.6 Å². The number of rotatable bonds is 4. The third-order valence-corrected chi connectivity index (χ3v) is 3.73. The number of ether oxygens (including phenoxy) is 2. The molecule has 0 aliphatic carbocycles. The molecule has 5 nitrogen and oxygen atoms in total. The molecule has 20 heavy (non-hydrogen) atoms. The molecule has 0 saturated carbocycles. The first-order chi connectivity index (χ1) is 8.75. The van der Waals surface area contributed by atoms with Crippen molar-refractivity contribution in [3.05, 3.63) is 22.2 Å². The van der Waals surface area contributed by atoms with E-state index in [2.05, 4.69) is 15.9 Å². The molecule has 1 atom stereocenters. The number of benzene rings is 1. The Morgan fingerprint density at radius 3 is 2.40 bits per heavy atom. The van der Waals surface area contributed by atoms with Gasteiger partial charge in [-0.3, -0.25) is 4.79 Å². The highest BCUT2D eigenvalue weighted by Gasteiger charge is 2.38. The Morgan fingerprint density at radius 2 is 1.95 bits per heavy atom. The van der Waals surface area contributed by atoms with E-state index in [-0.39, 0.29) is 18.2 Å². The Balaban J connectivity index is 0.00000361. The first-order valence-corrected chi connectivity index (χ1v) is 6.45. The first kappa shape index (κ1) is 19.0. The number of methoxy groups -OCH3 is 2. The van der Waals surface area contributed by atoms with Gasteiger partial charge in [0.25, 0.3) is 0 Å².